The first-order valence-corrected chi connectivity index (χ1v) is 9.32. The Labute approximate surface area is 155 Å². The van der Waals surface area contributed by atoms with Gasteiger partial charge in [-0.05, 0) is 37.0 Å². The van der Waals surface area contributed by atoms with Crippen LogP contribution in [-0.2, 0) is 4.79 Å². The molecule has 3 aromatic rings. The average molecular weight is 371 g/mol. The number of hydrogen-bond acceptors (Lipinski definition) is 5. The number of fused-ring (bicyclic) bond motifs is 1. The monoisotopic (exact) mass is 371 g/mol. The van der Waals surface area contributed by atoms with E-state index in [1.54, 1.807) is 10.5 Å². The summed E-state index contributed by atoms with van der Waals surface area (Å²) in [5.41, 5.74) is 3.60. The molecule has 0 bridgehead atoms. The molecule has 0 fully saturated rings. The molecule has 3 rings (SSSR count). The van der Waals surface area contributed by atoms with Gasteiger partial charge < -0.3 is 5.32 Å². The molecule has 2 aromatic heterocycles. The van der Waals surface area contributed by atoms with Crippen molar-refractivity contribution in [2.24, 2.45) is 0 Å². The van der Waals surface area contributed by atoms with Crippen molar-refractivity contribution >= 4 is 29.1 Å². The second-order valence-corrected chi connectivity index (χ2v) is 7.38. The van der Waals surface area contributed by atoms with Gasteiger partial charge in [0, 0.05) is 17.4 Å². The van der Waals surface area contributed by atoms with Gasteiger partial charge in [0.05, 0.1) is 5.75 Å². The maximum Gasteiger partial charge on any atom is 0.252 e. The van der Waals surface area contributed by atoms with Crippen molar-refractivity contribution in [2.45, 2.75) is 38.8 Å². The largest absolute Gasteiger partial charge is 0.325 e. The van der Waals surface area contributed by atoms with Crippen molar-refractivity contribution in [1.82, 2.24) is 19.6 Å². The number of benzene rings is 1. The highest BCUT2D eigenvalue weighted by Crippen LogP contribution is 2.22. The third kappa shape index (κ3) is 3.65. The Kier molecular flexibility index (Phi) is 5.13. The minimum Gasteiger partial charge on any atom is -0.325 e. The van der Waals surface area contributed by atoms with E-state index in [0.29, 0.717) is 10.9 Å². The minimum absolute atomic E-state index is 0.115. The lowest BCUT2D eigenvalue weighted by molar-refractivity contribution is -0.113. The fourth-order valence-corrected chi connectivity index (χ4v) is 3.40. The van der Waals surface area contributed by atoms with Crippen molar-refractivity contribution in [1.29, 1.82) is 0 Å². The molecule has 0 radical (unpaired) electrons. The number of aromatic nitrogens is 4. The molecule has 2 N–H and O–H groups in total. The van der Waals surface area contributed by atoms with Crippen molar-refractivity contribution in [3.8, 4) is 0 Å². The normalized spacial score (nSPS) is 11.3. The first kappa shape index (κ1) is 18.2. The van der Waals surface area contributed by atoms with E-state index in [4.69, 9.17) is 0 Å². The summed E-state index contributed by atoms with van der Waals surface area (Å²) in [5.74, 6) is 0.596. The van der Waals surface area contributed by atoms with Gasteiger partial charge in [0.2, 0.25) is 11.7 Å². The third-order valence-electron chi connectivity index (χ3n) is 4.21. The number of hydrogen-bond donors (Lipinski definition) is 2. The number of H-pyrrole nitrogens is 1. The third-order valence-corrected chi connectivity index (χ3v) is 5.14. The van der Waals surface area contributed by atoms with Gasteiger partial charge in [-0.15, -0.1) is 10.2 Å². The average Bonchev–Trinajstić information content (AvgIpc) is 2.99. The van der Waals surface area contributed by atoms with Crippen LogP contribution in [0.25, 0.3) is 5.78 Å². The zero-order valence-corrected chi connectivity index (χ0v) is 16.0. The Morgan fingerprint density at radius 1 is 1.31 bits per heavy atom. The molecule has 0 unspecified atom stereocenters. The summed E-state index contributed by atoms with van der Waals surface area (Å²) in [6, 6.07) is 7.36. The predicted octanol–water partition coefficient (Wildman–Crippen LogP) is 2.89. The van der Waals surface area contributed by atoms with Crippen LogP contribution in [0, 0.1) is 13.8 Å². The minimum atomic E-state index is -0.210. The maximum atomic E-state index is 12.3. The van der Waals surface area contributed by atoms with E-state index >= 15 is 0 Å². The Balaban J connectivity index is 1.78. The number of amides is 1. The van der Waals surface area contributed by atoms with E-state index in [9.17, 15) is 9.59 Å². The Morgan fingerprint density at radius 3 is 2.81 bits per heavy atom. The van der Waals surface area contributed by atoms with Crippen LogP contribution in [0.2, 0.25) is 0 Å². The molecule has 0 aliphatic heterocycles. The van der Waals surface area contributed by atoms with Crippen molar-refractivity contribution in [3.63, 3.8) is 0 Å². The number of nitrogens with zero attached hydrogens (tertiary/aromatic N) is 3. The van der Waals surface area contributed by atoms with Gasteiger partial charge in [-0.3, -0.25) is 19.0 Å². The number of thioether (sulfide) groups is 1. The fraction of sp³-hybridized carbons (Fsp3) is 0.333. The van der Waals surface area contributed by atoms with E-state index in [2.05, 4.69) is 20.5 Å². The van der Waals surface area contributed by atoms with Gasteiger partial charge in [0.25, 0.3) is 5.56 Å². The van der Waals surface area contributed by atoms with Gasteiger partial charge in [-0.1, -0.05) is 37.7 Å². The summed E-state index contributed by atoms with van der Waals surface area (Å²) < 4.78 is 1.79. The van der Waals surface area contributed by atoms with Crippen molar-refractivity contribution < 1.29 is 4.79 Å². The van der Waals surface area contributed by atoms with Crippen LogP contribution >= 0.6 is 11.8 Å². The summed E-state index contributed by atoms with van der Waals surface area (Å²) in [5, 5.41) is 11.6. The van der Waals surface area contributed by atoms with Gasteiger partial charge in [0.15, 0.2) is 5.16 Å². The molecule has 136 valence electrons. The number of carbonyl (C=O) groups is 1. The molecule has 1 aromatic carbocycles. The molecule has 8 heteroatoms. The smallest absolute Gasteiger partial charge is 0.252 e. The summed E-state index contributed by atoms with van der Waals surface area (Å²) in [4.78, 5) is 26.7. The van der Waals surface area contributed by atoms with Gasteiger partial charge in [-0.2, -0.15) is 0 Å². The lowest BCUT2D eigenvalue weighted by atomic mass is 10.1. The number of anilines is 1. The lowest BCUT2D eigenvalue weighted by Gasteiger charge is -2.11. The molecule has 7 nitrogen and oxygen atoms in total. The van der Waals surface area contributed by atoms with E-state index in [1.165, 1.54) is 11.8 Å². The molecule has 0 spiro atoms. The summed E-state index contributed by atoms with van der Waals surface area (Å²) in [6.45, 7) is 7.98. The number of carbonyl (C=O) groups excluding carboxylic acids is 1. The van der Waals surface area contributed by atoms with E-state index in [1.807, 2.05) is 45.9 Å². The topological polar surface area (TPSA) is 92.2 Å². The summed E-state index contributed by atoms with van der Waals surface area (Å²) >= 11 is 1.29. The highest BCUT2D eigenvalue weighted by atomic mass is 32.2. The molecule has 0 aliphatic rings. The van der Waals surface area contributed by atoms with Gasteiger partial charge in [-0.25, -0.2) is 0 Å². The van der Waals surface area contributed by atoms with Crippen LogP contribution in [-0.4, -0.2) is 31.2 Å². The van der Waals surface area contributed by atoms with Crippen LogP contribution < -0.4 is 10.9 Å². The standard InChI is InChI=1S/C18H21N5O2S/c1-10(2)14-8-15(24)20-17-21-22-18(23(14)17)26-9-16(25)19-13-7-5-6-11(3)12(13)4/h5-8,10H,9H2,1-4H3,(H,19,25)(H,20,21,24). The fourth-order valence-electron chi connectivity index (χ4n) is 2.65. The van der Waals surface area contributed by atoms with Crippen LogP contribution in [0.15, 0.2) is 34.2 Å². The molecule has 26 heavy (non-hydrogen) atoms. The molecule has 2 heterocycles. The Bertz CT molecular complexity index is 1020. The number of nitrogens with one attached hydrogen (secondary N) is 2. The van der Waals surface area contributed by atoms with Crippen LogP contribution in [0.5, 0.6) is 0 Å². The van der Waals surface area contributed by atoms with E-state index in [-0.39, 0.29) is 23.1 Å². The van der Waals surface area contributed by atoms with Gasteiger partial charge in [0.1, 0.15) is 0 Å². The highest BCUT2D eigenvalue weighted by Gasteiger charge is 2.15. The van der Waals surface area contributed by atoms with Gasteiger partial charge >= 0.3 is 0 Å². The molecule has 0 aliphatic carbocycles. The van der Waals surface area contributed by atoms with Crippen LogP contribution in [0.1, 0.15) is 36.6 Å². The molecule has 1 amide bonds. The Hall–Kier alpha value is -2.61. The second kappa shape index (κ2) is 7.33. The molecule has 0 saturated carbocycles. The predicted molar refractivity (Wildman–Crippen MR) is 103 cm³/mol. The summed E-state index contributed by atoms with van der Waals surface area (Å²) in [6.07, 6.45) is 0. The quantitative estimate of drug-likeness (QED) is 0.673. The first-order valence-electron chi connectivity index (χ1n) is 8.34. The zero-order valence-electron chi connectivity index (χ0n) is 15.2. The molecular formula is C18H21N5O2S. The molecule has 0 atom stereocenters. The first-order chi connectivity index (χ1) is 12.4. The van der Waals surface area contributed by atoms with Crippen molar-refractivity contribution in [3.05, 3.63) is 51.4 Å². The van der Waals surface area contributed by atoms with Crippen LogP contribution in [0.4, 0.5) is 5.69 Å². The maximum absolute atomic E-state index is 12.3. The molecular weight excluding hydrogens is 350 g/mol. The van der Waals surface area contributed by atoms with E-state index < -0.39 is 0 Å². The zero-order chi connectivity index (χ0) is 18.8. The van der Waals surface area contributed by atoms with E-state index in [0.717, 1.165) is 22.5 Å². The Morgan fingerprint density at radius 2 is 2.08 bits per heavy atom. The van der Waals surface area contributed by atoms with Crippen molar-refractivity contribution in [2.75, 3.05) is 11.1 Å². The number of aryl methyl sites for hydroxylation is 1. The highest BCUT2D eigenvalue weighted by molar-refractivity contribution is 7.99. The number of rotatable bonds is 5. The number of aromatic amines is 1. The van der Waals surface area contributed by atoms with Crippen LogP contribution in [0.3, 0.4) is 0 Å². The molecule has 0 saturated heterocycles. The summed E-state index contributed by atoms with van der Waals surface area (Å²) in [7, 11) is 0. The lowest BCUT2D eigenvalue weighted by Crippen LogP contribution is -2.16. The second-order valence-electron chi connectivity index (χ2n) is 6.44. The SMILES string of the molecule is Cc1cccc(NC(=O)CSc2nnc3[nH]c(=O)cc(C(C)C)n23)c1C.